The molecule has 0 radical (unpaired) electrons. The number of benzene rings is 5. The van der Waals surface area contributed by atoms with Crippen LogP contribution in [-0.2, 0) is 6.61 Å². The second-order valence-electron chi connectivity index (χ2n) is 11.8. The molecular formula is C40H37IN2O2. The van der Waals surface area contributed by atoms with E-state index < -0.39 is 0 Å². The first-order valence-electron chi connectivity index (χ1n) is 15.9. The number of hydrogen-bond donors (Lipinski definition) is 0. The Hall–Kier alpha value is -4.10. The van der Waals surface area contributed by atoms with Gasteiger partial charge in [-0.05, 0) is 100 Å². The molecule has 2 atom stereocenters. The van der Waals surface area contributed by atoms with Crippen LogP contribution in [0.15, 0.2) is 120 Å². The van der Waals surface area contributed by atoms with Gasteiger partial charge in [0.05, 0.1) is 15.9 Å². The monoisotopic (exact) mass is 704 g/mol. The van der Waals surface area contributed by atoms with Crippen LogP contribution < -0.4 is 14.4 Å². The molecule has 0 aliphatic carbocycles. The molecule has 5 aromatic carbocycles. The van der Waals surface area contributed by atoms with Gasteiger partial charge >= 0.3 is 0 Å². The molecule has 0 amide bonds. The lowest BCUT2D eigenvalue weighted by atomic mass is 9.76. The lowest BCUT2D eigenvalue weighted by Gasteiger charge is -2.43. The fourth-order valence-electron chi connectivity index (χ4n) is 6.86. The lowest BCUT2D eigenvalue weighted by molar-refractivity contribution is 0.267. The van der Waals surface area contributed by atoms with E-state index in [0.29, 0.717) is 25.0 Å². The van der Waals surface area contributed by atoms with Crippen molar-refractivity contribution < 1.29 is 9.47 Å². The summed E-state index contributed by atoms with van der Waals surface area (Å²) in [6.45, 7) is 5.22. The van der Waals surface area contributed by atoms with Gasteiger partial charge in [-0.2, -0.15) is 0 Å². The van der Waals surface area contributed by atoms with Crippen molar-refractivity contribution in [3.63, 3.8) is 0 Å². The van der Waals surface area contributed by atoms with E-state index in [4.69, 9.17) is 14.5 Å². The third kappa shape index (κ3) is 6.36. The zero-order valence-corrected chi connectivity index (χ0v) is 27.7. The van der Waals surface area contributed by atoms with E-state index in [9.17, 15) is 0 Å². The maximum absolute atomic E-state index is 6.26. The Bertz CT molecular complexity index is 1720. The van der Waals surface area contributed by atoms with Gasteiger partial charge in [0.15, 0.2) is 11.5 Å². The molecule has 0 aromatic heterocycles. The summed E-state index contributed by atoms with van der Waals surface area (Å²) < 4.78 is 13.3. The molecule has 0 saturated heterocycles. The standard InChI is InChI=1S/C40H37IN2O2/c1-2-44-38-23-29(22-37(41)40(38)45-27-28-12-6-3-7-13-28)26-42-32-24-35-33(30-14-8-4-9-15-30)18-20-43-21-19-34(36(25-32)39(35)43)31-16-10-5-11-17-31/h3-17,22-26,33-34H,2,18-21,27H2,1H3/t33-,34+. The van der Waals surface area contributed by atoms with Crippen LogP contribution >= 0.6 is 22.6 Å². The van der Waals surface area contributed by atoms with Gasteiger partial charge < -0.3 is 14.4 Å². The Morgan fingerprint density at radius 3 is 1.91 bits per heavy atom. The van der Waals surface area contributed by atoms with E-state index in [1.165, 1.54) is 27.9 Å². The smallest absolute Gasteiger partial charge is 0.175 e. The summed E-state index contributed by atoms with van der Waals surface area (Å²) >= 11 is 2.34. The number of nitrogens with zero attached hydrogens (tertiary/aromatic N) is 2. The Labute approximate surface area is 279 Å². The first-order chi connectivity index (χ1) is 22.2. The summed E-state index contributed by atoms with van der Waals surface area (Å²) in [4.78, 5) is 7.73. The highest BCUT2D eigenvalue weighted by Crippen LogP contribution is 2.50. The summed E-state index contributed by atoms with van der Waals surface area (Å²) in [5.41, 5.74) is 10.1. The number of ether oxygens (including phenoxy) is 2. The first-order valence-corrected chi connectivity index (χ1v) is 17.0. The third-order valence-corrected chi connectivity index (χ3v) is 9.72. The van der Waals surface area contributed by atoms with E-state index in [1.54, 1.807) is 0 Å². The molecule has 0 spiro atoms. The maximum Gasteiger partial charge on any atom is 0.175 e. The zero-order chi connectivity index (χ0) is 30.6. The van der Waals surface area contributed by atoms with E-state index in [1.807, 2.05) is 37.4 Å². The molecule has 0 N–H and O–H groups in total. The highest BCUT2D eigenvalue weighted by molar-refractivity contribution is 14.1. The fraction of sp³-hybridized carbons (Fsp3) is 0.225. The summed E-state index contributed by atoms with van der Waals surface area (Å²) in [5, 5.41) is 0. The molecule has 5 aromatic rings. The van der Waals surface area contributed by atoms with Gasteiger partial charge in [-0.25, -0.2) is 0 Å². The van der Waals surface area contributed by atoms with Crippen molar-refractivity contribution in [2.75, 3.05) is 24.6 Å². The zero-order valence-electron chi connectivity index (χ0n) is 25.5. The Kier molecular flexibility index (Phi) is 8.87. The Morgan fingerprint density at radius 2 is 1.33 bits per heavy atom. The van der Waals surface area contributed by atoms with Crippen molar-refractivity contribution >= 4 is 40.2 Å². The van der Waals surface area contributed by atoms with Crippen molar-refractivity contribution in [3.05, 3.63) is 152 Å². The molecule has 0 unspecified atom stereocenters. The van der Waals surface area contributed by atoms with Gasteiger partial charge in [-0.1, -0.05) is 91.0 Å². The predicted octanol–water partition coefficient (Wildman–Crippen LogP) is 9.90. The van der Waals surface area contributed by atoms with E-state index in [0.717, 1.165) is 57.8 Å². The van der Waals surface area contributed by atoms with Crippen molar-refractivity contribution in [3.8, 4) is 11.5 Å². The predicted molar refractivity (Wildman–Crippen MR) is 193 cm³/mol. The summed E-state index contributed by atoms with van der Waals surface area (Å²) in [5.74, 6) is 2.22. The molecule has 0 bridgehead atoms. The third-order valence-electron chi connectivity index (χ3n) is 8.92. The fourth-order valence-corrected chi connectivity index (χ4v) is 7.64. The first kappa shape index (κ1) is 29.6. The van der Waals surface area contributed by atoms with Gasteiger partial charge in [0.1, 0.15) is 6.61 Å². The van der Waals surface area contributed by atoms with Crippen LogP contribution in [0.5, 0.6) is 11.5 Å². The lowest BCUT2D eigenvalue weighted by Crippen LogP contribution is -2.37. The minimum absolute atomic E-state index is 0.354. The number of anilines is 1. The average molecular weight is 705 g/mol. The second kappa shape index (κ2) is 13.5. The topological polar surface area (TPSA) is 34.1 Å². The van der Waals surface area contributed by atoms with Gasteiger partial charge in [-0.15, -0.1) is 0 Å². The molecule has 45 heavy (non-hydrogen) atoms. The normalized spacial score (nSPS) is 17.2. The molecule has 5 heteroatoms. The molecule has 0 fully saturated rings. The van der Waals surface area contributed by atoms with Crippen LogP contribution in [0.1, 0.15) is 65.0 Å². The largest absolute Gasteiger partial charge is 0.490 e. The number of rotatable bonds is 9. The SMILES string of the molecule is CCOc1cc(C=Nc2cc3c4c(c2)[C@H](c2ccccc2)CCN4CC[C@@H]3c2ccccc2)cc(I)c1OCc1ccccc1. The van der Waals surface area contributed by atoms with Crippen molar-refractivity contribution in [2.45, 2.75) is 38.2 Å². The van der Waals surface area contributed by atoms with Crippen LogP contribution in [-0.4, -0.2) is 25.9 Å². The highest BCUT2D eigenvalue weighted by Gasteiger charge is 2.35. The number of aliphatic imine (C=N–C) groups is 1. The second-order valence-corrected chi connectivity index (χ2v) is 12.9. The molecule has 0 saturated carbocycles. The minimum atomic E-state index is 0.354. The quantitative estimate of drug-likeness (QED) is 0.113. The molecule has 7 rings (SSSR count). The molecule has 2 heterocycles. The molecule has 2 aliphatic rings. The number of halogens is 1. The maximum atomic E-state index is 6.26. The van der Waals surface area contributed by atoms with Gasteiger partial charge in [0.25, 0.3) is 0 Å². The van der Waals surface area contributed by atoms with Gasteiger partial charge in [-0.3, -0.25) is 4.99 Å². The minimum Gasteiger partial charge on any atom is -0.490 e. The van der Waals surface area contributed by atoms with Gasteiger partial charge in [0, 0.05) is 36.8 Å². The van der Waals surface area contributed by atoms with Crippen LogP contribution in [0.4, 0.5) is 11.4 Å². The van der Waals surface area contributed by atoms with Crippen molar-refractivity contribution in [2.24, 2.45) is 4.99 Å². The molecule has 2 aliphatic heterocycles. The molecule has 4 nitrogen and oxygen atoms in total. The summed E-state index contributed by atoms with van der Waals surface area (Å²) in [7, 11) is 0. The van der Waals surface area contributed by atoms with Crippen LogP contribution in [0, 0.1) is 3.57 Å². The summed E-state index contributed by atoms with van der Waals surface area (Å²) in [6, 6.07) is 41.0. The molecule has 226 valence electrons. The van der Waals surface area contributed by atoms with Crippen LogP contribution in [0.25, 0.3) is 0 Å². The van der Waals surface area contributed by atoms with E-state index in [2.05, 4.69) is 118 Å². The van der Waals surface area contributed by atoms with Crippen LogP contribution in [0.2, 0.25) is 0 Å². The number of hydrogen-bond acceptors (Lipinski definition) is 4. The highest BCUT2D eigenvalue weighted by atomic mass is 127. The van der Waals surface area contributed by atoms with Gasteiger partial charge in [0.2, 0.25) is 0 Å². The Morgan fingerprint density at radius 1 is 0.756 bits per heavy atom. The van der Waals surface area contributed by atoms with Crippen LogP contribution in [0.3, 0.4) is 0 Å². The van der Waals surface area contributed by atoms with Crippen molar-refractivity contribution in [1.29, 1.82) is 0 Å². The average Bonchev–Trinajstić information content (AvgIpc) is 3.08. The molecular weight excluding hydrogens is 667 g/mol. The van der Waals surface area contributed by atoms with E-state index >= 15 is 0 Å². The Balaban J connectivity index is 1.26. The summed E-state index contributed by atoms with van der Waals surface area (Å²) in [6.07, 6.45) is 4.19. The van der Waals surface area contributed by atoms with Crippen molar-refractivity contribution in [1.82, 2.24) is 0 Å². The van der Waals surface area contributed by atoms with E-state index in [-0.39, 0.29) is 0 Å².